The van der Waals surface area contributed by atoms with Crippen LogP contribution < -0.4 is 16.0 Å². The van der Waals surface area contributed by atoms with Crippen LogP contribution in [0.5, 0.6) is 0 Å². The maximum Gasteiger partial charge on any atom is 0.229 e. The highest BCUT2D eigenvalue weighted by Crippen LogP contribution is 2.25. The number of aromatic nitrogens is 4. The van der Waals surface area contributed by atoms with E-state index in [-0.39, 0.29) is 0 Å². The molecule has 0 unspecified atom stereocenters. The van der Waals surface area contributed by atoms with E-state index in [1.165, 1.54) is 0 Å². The van der Waals surface area contributed by atoms with E-state index in [1.807, 2.05) is 35.2 Å². The van der Waals surface area contributed by atoms with Crippen LogP contribution in [-0.4, -0.2) is 32.8 Å². The minimum Gasteiger partial charge on any atom is -0.382 e. The molecule has 0 saturated carbocycles. The Hall–Kier alpha value is -3.53. The van der Waals surface area contributed by atoms with Gasteiger partial charge in [0, 0.05) is 24.0 Å². The second kappa shape index (κ2) is 7.38. The molecule has 0 radical (unpaired) electrons. The first-order valence-electron chi connectivity index (χ1n) is 8.91. The number of nitrogens with zero attached hydrogens (tertiary/aromatic N) is 5. The van der Waals surface area contributed by atoms with E-state index in [1.54, 1.807) is 6.20 Å². The quantitative estimate of drug-likeness (QED) is 0.538. The molecule has 27 heavy (non-hydrogen) atoms. The van der Waals surface area contributed by atoms with Crippen molar-refractivity contribution >= 4 is 34.0 Å². The summed E-state index contributed by atoms with van der Waals surface area (Å²) in [4.78, 5) is 11.0. The number of rotatable bonds is 5. The van der Waals surface area contributed by atoms with Crippen molar-refractivity contribution in [3.8, 4) is 11.8 Å². The van der Waals surface area contributed by atoms with Gasteiger partial charge in [0.15, 0.2) is 5.82 Å². The first kappa shape index (κ1) is 16.9. The molecule has 3 heterocycles. The van der Waals surface area contributed by atoms with Gasteiger partial charge in [-0.15, -0.1) is 12.5 Å². The first-order chi connectivity index (χ1) is 13.2. The van der Waals surface area contributed by atoms with Crippen molar-refractivity contribution in [1.82, 2.24) is 19.7 Å². The maximum absolute atomic E-state index is 6.19. The lowest BCUT2D eigenvalue weighted by atomic mass is 10.2. The molecule has 0 amide bonds. The van der Waals surface area contributed by atoms with Gasteiger partial charge in [0.25, 0.3) is 0 Å². The second-order valence-electron chi connectivity index (χ2n) is 6.36. The standard InChI is InChI=1S/C20H21N7/c1-2-9-27-17-12-16(8-7-15(17)13-23-27)24-20-22-14-18(19(21)25-20)26-10-5-3-4-6-11-26/h2,7-8,12-14H,1,3,5,9-11H2,(H3,21,22,24,25). The molecule has 0 aliphatic carbocycles. The number of hydrogen-bond acceptors (Lipinski definition) is 6. The van der Waals surface area contributed by atoms with Gasteiger partial charge in [-0.25, -0.2) is 4.98 Å². The average molecular weight is 359 g/mol. The molecular formula is C20H21N7. The smallest absolute Gasteiger partial charge is 0.229 e. The largest absolute Gasteiger partial charge is 0.382 e. The van der Waals surface area contributed by atoms with Crippen molar-refractivity contribution in [2.75, 3.05) is 29.0 Å². The number of hydrogen-bond donors (Lipinski definition) is 2. The highest BCUT2D eigenvalue weighted by molar-refractivity contribution is 5.83. The molecule has 0 atom stereocenters. The van der Waals surface area contributed by atoms with Crippen molar-refractivity contribution in [3.05, 3.63) is 43.2 Å². The zero-order valence-corrected chi connectivity index (χ0v) is 15.0. The lowest BCUT2D eigenvalue weighted by Gasteiger charge is -2.22. The highest BCUT2D eigenvalue weighted by atomic mass is 15.3. The zero-order valence-electron chi connectivity index (χ0n) is 15.0. The highest BCUT2D eigenvalue weighted by Gasteiger charge is 2.13. The summed E-state index contributed by atoms with van der Waals surface area (Å²) >= 11 is 0. The SMILES string of the molecule is C=CCn1ncc2ccc(Nc3ncc(N4CC#CCCC4)c(N)n3)cc21. The van der Waals surface area contributed by atoms with Crippen molar-refractivity contribution in [3.63, 3.8) is 0 Å². The van der Waals surface area contributed by atoms with E-state index >= 15 is 0 Å². The summed E-state index contributed by atoms with van der Waals surface area (Å²) in [5, 5.41) is 8.66. The molecule has 1 aliphatic heterocycles. The third-order valence-electron chi connectivity index (χ3n) is 4.47. The lowest BCUT2D eigenvalue weighted by Crippen LogP contribution is -2.25. The van der Waals surface area contributed by atoms with E-state index in [9.17, 15) is 0 Å². The maximum atomic E-state index is 6.19. The summed E-state index contributed by atoms with van der Waals surface area (Å²) in [6.07, 6.45) is 7.36. The molecule has 7 nitrogen and oxygen atoms in total. The molecule has 1 aromatic carbocycles. The minimum absolute atomic E-state index is 0.453. The molecule has 4 rings (SSSR count). The third-order valence-corrected chi connectivity index (χ3v) is 4.47. The molecule has 2 aromatic heterocycles. The Morgan fingerprint density at radius 1 is 1.30 bits per heavy atom. The first-order valence-corrected chi connectivity index (χ1v) is 8.91. The molecule has 136 valence electrons. The summed E-state index contributed by atoms with van der Waals surface area (Å²) in [6.45, 7) is 5.98. The predicted molar refractivity (Wildman–Crippen MR) is 109 cm³/mol. The molecule has 0 fully saturated rings. The van der Waals surface area contributed by atoms with E-state index in [4.69, 9.17) is 5.73 Å². The van der Waals surface area contributed by atoms with Crippen molar-refractivity contribution < 1.29 is 0 Å². The number of anilines is 4. The van der Waals surface area contributed by atoms with Gasteiger partial charge >= 0.3 is 0 Å². The Bertz CT molecular complexity index is 1040. The molecule has 0 bridgehead atoms. The van der Waals surface area contributed by atoms with Gasteiger partial charge in [-0.2, -0.15) is 10.1 Å². The van der Waals surface area contributed by atoms with Crippen LogP contribution >= 0.6 is 0 Å². The molecule has 0 spiro atoms. The van der Waals surface area contributed by atoms with Crippen LogP contribution in [0.2, 0.25) is 0 Å². The van der Waals surface area contributed by atoms with Crippen LogP contribution in [-0.2, 0) is 6.54 Å². The normalized spacial score (nSPS) is 13.7. The lowest BCUT2D eigenvalue weighted by molar-refractivity contribution is 0.729. The van der Waals surface area contributed by atoms with Gasteiger partial charge in [-0.05, 0) is 24.6 Å². The third kappa shape index (κ3) is 3.55. The molecule has 3 aromatic rings. The summed E-state index contributed by atoms with van der Waals surface area (Å²) in [7, 11) is 0. The van der Waals surface area contributed by atoms with Gasteiger partial charge in [0.2, 0.25) is 5.95 Å². The summed E-state index contributed by atoms with van der Waals surface area (Å²) in [6, 6.07) is 6.00. The van der Waals surface area contributed by atoms with Crippen molar-refractivity contribution in [2.45, 2.75) is 19.4 Å². The fourth-order valence-corrected chi connectivity index (χ4v) is 3.12. The predicted octanol–water partition coefficient (Wildman–Crippen LogP) is 2.94. The van der Waals surface area contributed by atoms with Crippen LogP contribution in [0.4, 0.5) is 23.1 Å². The number of nitrogen functional groups attached to an aromatic ring is 1. The topological polar surface area (TPSA) is 84.9 Å². The summed E-state index contributed by atoms with van der Waals surface area (Å²) in [5.41, 5.74) is 8.92. The molecule has 7 heteroatoms. The van der Waals surface area contributed by atoms with Crippen LogP contribution in [0.3, 0.4) is 0 Å². The minimum atomic E-state index is 0.453. The van der Waals surface area contributed by atoms with Gasteiger partial charge < -0.3 is 16.0 Å². The van der Waals surface area contributed by atoms with E-state index in [0.717, 1.165) is 41.7 Å². The summed E-state index contributed by atoms with van der Waals surface area (Å²) in [5.74, 6) is 7.20. The van der Waals surface area contributed by atoms with Crippen LogP contribution in [0.15, 0.2) is 43.2 Å². The zero-order chi connectivity index (χ0) is 18.6. The van der Waals surface area contributed by atoms with Crippen LogP contribution in [0.1, 0.15) is 12.8 Å². The molecule has 3 N–H and O–H groups in total. The summed E-state index contributed by atoms with van der Waals surface area (Å²) < 4.78 is 1.90. The van der Waals surface area contributed by atoms with Gasteiger partial charge in [0.05, 0.1) is 36.7 Å². The molecular weight excluding hydrogens is 338 g/mol. The van der Waals surface area contributed by atoms with E-state index < -0.39 is 0 Å². The average Bonchev–Trinajstić information content (AvgIpc) is 2.88. The monoisotopic (exact) mass is 359 g/mol. The van der Waals surface area contributed by atoms with Crippen LogP contribution in [0, 0.1) is 11.8 Å². The Kier molecular flexibility index (Phi) is 4.62. The Balaban J connectivity index is 1.57. The number of allylic oxidation sites excluding steroid dienone is 1. The van der Waals surface area contributed by atoms with Gasteiger partial charge in [-0.1, -0.05) is 12.0 Å². The number of benzene rings is 1. The van der Waals surface area contributed by atoms with Gasteiger partial charge in [-0.3, -0.25) is 4.68 Å². The van der Waals surface area contributed by atoms with Gasteiger partial charge in [0.1, 0.15) is 0 Å². The Labute approximate surface area is 157 Å². The number of fused-ring (bicyclic) bond motifs is 1. The Morgan fingerprint density at radius 3 is 3.07 bits per heavy atom. The van der Waals surface area contributed by atoms with Crippen LogP contribution in [0.25, 0.3) is 10.9 Å². The fourth-order valence-electron chi connectivity index (χ4n) is 3.12. The fraction of sp³-hybridized carbons (Fsp3) is 0.250. The van der Waals surface area contributed by atoms with Crippen molar-refractivity contribution in [2.24, 2.45) is 0 Å². The van der Waals surface area contributed by atoms with Crippen molar-refractivity contribution in [1.29, 1.82) is 0 Å². The Morgan fingerprint density at radius 2 is 2.22 bits per heavy atom. The van der Waals surface area contributed by atoms with E-state index in [0.29, 0.717) is 24.9 Å². The number of nitrogens with two attached hydrogens (primary N) is 1. The molecule has 0 saturated heterocycles. The van der Waals surface area contributed by atoms with E-state index in [2.05, 4.69) is 43.7 Å². The second-order valence-corrected chi connectivity index (χ2v) is 6.36. The molecule has 1 aliphatic rings. The number of nitrogens with one attached hydrogen (secondary N) is 1.